The van der Waals surface area contributed by atoms with Crippen LogP contribution in [0.15, 0.2) is 24.3 Å². The lowest BCUT2D eigenvalue weighted by molar-refractivity contribution is -0.146. The van der Waals surface area contributed by atoms with Crippen LogP contribution in [0.25, 0.3) is 0 Å². The predicted molar refractivity (Wildman–Crippen MR) is 72.1 cm³/mol. The first-order valence-electron chi connectivity index (χ1n) is 5.60. The van der Waals surface area contributed by atoms with Crippen LogP contribution in [0, 0.1) is 0 Å². The minimum absolute atomic E-state index is 0.241. The number of halogens is 1. The molecule has 0 spiro atoms. The van der Waals surface area contributed by atoms with Crippen LogP contribution in [-0.2, 0) is 27.7 Å². The Labute approximate surface area is 122 Å². The minimum atomic E-state index is -4.03. The number of carbonyl (C=O) groups excluding carboxylic acids is 3. The molecule has 6 nitrogen and oxygen atoms in total. The second-order valence-corrected chi connectivity index (χ2v) is 6.59. The van der Waals surface area contributed by atoms with E-state index >= 15 is 0 Å². The van der Waals surface area contributed by atoms with Gasteiger partial charge in [0.15, 0.2) is 0 Å². The fourth-order valence-electron chi connectivity index (χ4n) is 1.49. The molecule has 0 aliphatic rings. The van der Waals surface area contributed by atoms with E-state index in [4.69, 9.17) is 24.9 Å². The zero-order valence-electron chi connectivity index (χ0n) is 11.1. The number of hydrogen-bond donors (Lipinski definition) is 0. The molecule has 0 amide bonds. The van der Waals surface area contributed by atoms with Gasteiger partial charge in [-0.2, -0.15) is 0 Å². The highest BCUT2D eigenvalue weighted by atomic mass is 35.5. The van der Waals surface area contributed by atoms with E-state index in [1.54, 1.807) is 12.1 Å². The molecule has 1 aromatic carbocycles. The van der Waals surface area contributed by atoms with E-state index in [0.29, 0.717) is 5.02 Å². The normalized spacial score (nSPS) is 10.6. The lowest BCUT2D eigenvalue weighted by Gasteiger charge is -2.26. The molecule has 20 heavy (non-hydrogen) atoms. The van der Waals surface area contributed by atoms with Crippen LogP contribution in [0.2, 0.25) is 5.02 Å². The summed E-state index contributed by atoms with van der Waals surface area (Å²) in [7, 11) is -4.03. The van der Waals surface area contributed by atoms with Gasteiger partial charge in [0.25, 0.3) is 17.9 Å². The quantitative estimate of drug-likeness (QED) is 0.776. The standard InChI is InChI=1S/C12H13ClO6Si/c1-8(14)17-20(18-9(2)15,19-10(3)16)12-6-4-5-11(13)7-12/h4-7H,1-3H3. The maximum atomic E-state index is 11.3. The van der Waals surface area contributed by atoms with Gasteiger partial charge in [0, 0.05) is 25.8 Å². The van der Waals surface area contributed by atoms with Crippen molar-refractivity contribution in [1.29, 1.82) is 0 Å². The molecule has 1 aromatic rings. The van der Waals surface area contributed by atoms with Crippen LogP contribution in [0.4, 0.5) is 0 Å². The molecule has 0 aromatic heterocycles. The Balaban J connectivity index is 3.36. The minimum Gasteiger partial charge on any atom is -0.452 e. The average Bonchev–Trinajstić information content (AvgIpc) is 2.25. The molecule has 0 heterocycles. The molecular weight excluding hydrogens is 304 g/mol. The van der Waals surface area contributed by atoms with Gasteiger partial charge in [0.1, 0.15) is 0 Å². The smallest absolute Gasteiger partial charge is 0.452 e. The molecule has 0 unspecified atom stereocenters. The highest BCUT2D eigenvalue weighted by Gasteiger charge is 2.54. The third kappa shape index (κ3) is 4.36. The van der Waals surface area contributed by atoms with Gasteiger partial charge in [-0.05, 0) is 12.1 Å². The summed E-state index contributed by atoms with van der Waals surface area (Å²) in [6.45, 7) is 3.37. The summed E-state index contributed by atoms with van der Waals surface area (Å²) < 4.78 is 15.2. The van der Waals surface area contributed by atoms with E-state index in [9.17, 15) is 14.4 Å². The van der Waals surface area contributed by atoms with Crippen molar-refractivity contribution in [2.45, 2.75) is 20.8 Å². The summed E-state index contributed by atoms with van der Waals surface area (Å²) in [5, 5.41) is 0.566. The lowest BCUT2D eigenvalue weighted by atomic mass is 10.4. The molecule has 0 saturated carbocycles. The summed E-state index contributed by atoms with van der Waals surface area (Å²) in [6.07, 6.45) is 0. The summed E-state index contributed by atoms with van der Waals surface area (Å²) in [4.78, 5) is 33.8. The second-order valence-electron chi connectivity index (χ2n) is 3.85. The van der Waals surface area contributed by atoms with E-state index in [0.717, 1.165) is 20.8 Å². The van der Waals surface area contributed by atoms with Crippen molar-refractivity contribution in [1.82, 2.24) is 0 Å². The van der Waals surface area contributed by atoms with Gasteiger partial charge >= 0.3 is 8.80 Å². The molecule has 0 saturated heterocycles. The Hall–Kier alpha value is -1.86. The summed E-state index contributed by atoms with van der Waals surface area (Å²) >= 11 is 5.86. The Morgan fingerprint density at radius 2 is 1.40 bits per heavy atom. The van der Waals surface area contributed by atoms with Crippen molar-refractivity contribution < 1.29 is 27.7 Å². The molecule has 0 radical (unpaired) electrons. The molecule has 0 aliphatic heterocycles. The van der Waals surface area contributed by atoms with Crippen LogP contribution < -0.4 is 5.19 Å². The molecule has 0 fully saturated rings. The maximum Gasteiger partial charge on any atom is 0.742 e. The zero-order chi connectivity index (χ0) is 15.3. The van der Waals surface area contributed by atoms with Gasteiger partial charge < -0.3 is 13.3 Å². The van der Waals surface area contributed by atoms with Crippen molar-refractivity contribution in [2.75, 3.05) is 0 Å². The van der Waals surface area contributed by atoms with Crippen LogP contribution in [-0.4, -0.2) is 26.7 Å². The van der Waals surface area contributed by atoms with Gasteiger partial charge in [0.05, 0.1) is 5.19 Å². The van der Waals surface area contributed by atoms with Crippen molar-refractivity contribution in [2.24, 2.45) is 0 Å². The Bertz CT molecular complexity index is 504. The highest BCUT2D eigenvalue weighted by molar-refractivity contribution is 6.79. The topological polar surface area (TPSA) is 78.9 Å². The zero-order valence-corrected chi connectivity index (χ0v) is 12.9. The van der Waals surface area contributed by atoms with Crippen LogP contribution >= 0.6 is 11.6 Å². The van der Waals surface area contributed by atoms with Crippen LogP contribution in [0.1, 0.15) is 20.8 Å². The predicted octanol–water partition coefficient (Wildman–Crippen LogP) is 1.18. The SMILES string of the molecule is CC(=O)O[Si](OC(C)=O)(OC(C)=O)c1cccc(Cl)c1. The molecule has 0 atom stereocenters. The first-order chi connectivity index (χ1) is 9.25. The molecule has 108 valence electrons. The summed E-state index contributed by atoms with van der Waals surface area (Å²) in [5.41, 5.74) is 0. The van der Waals surface area contributed by atoms with E-state index in [1.807, 2.05) is 0 Å². The number of hydrogen-bond acceptors (Lipinski definition) is 6. The molecule has 1 rings (SSSR count). The van der Waals surface area contributed by atoms with Crippen LogP contribution in [0.3, 0.4) is 0 Å². The van der Waals surface area contributed by atoms with Crippen molar-refractivity contribution >= 4 is 43.5 Å². The highest BCUT2D eigenvalue weighted by Crippen LogP contribution is 2.15. The van der Waals surface area contributed by atoms with Crippen molar-refractivity contribution in [3.05, 3.63) is 29.3 Å². The maximum absolute atomic E-state index is 11.3. The van der Waals surface area contributed by atoms with E-state index < -0.39 is 26.7 Å². The third-order valence-corrected chi connectivity index (χ3v) is 4.93. The molecule has 0 N–H and O–H groups in total. The lowest BCUT2D eigenvalue weighted by Crippen LogP contribution is -2.59. The van der Waals surface area contributed by atoms with Gasteiger partial charge in [0.2, 0.25) is 0 Å². The fraction of sp³-hybridized carbons (Fsp3) is 0.250. The Morgan fingerprint density at radius 1 is 0.950 bits per heavy atom. The van der Waals surface area contributed by atoms with E-state index in [1.165, 1.54) is 12.1 Å². The number of rotatable bonds is 4. The first-order valence-corrected chi connectivity index (χ1v) is 7.70. The Morgan fingerprint density at radius 3 is 1.75 bits per heavy atom. The van der Waals surface area contributed by atoms with Gasteiger partial charge in [-0.3, -0.25) is 14.4 Å². The third-order valence-electron chi connectivity index (χ3n) is 2.01. The largest absolute Gasteiger partial charge is 0.742 e. The van der Waals surface area contributed by atoms with Crippen LogP contribution in [0.5, 0.6) is 0 Å². The van der Waals surface area contributed by atoms with Gasteiger partial charge in [-0.15, -0.1) is 0 Å². The average molecular weight is 317 g/mol. The summed E-state index contributed by atoms with van der Waals surface area (Å²) in [5.74, 6) is -2.21. The second kappa shape index (κ2) is 6.53. The molecule has 0 aliphatic carbocycles. The first kappa shape index (κ1) is 16.2. The van der Waals surface area contributed by atoms with Gasteiger partial charge in [-0.25, -0.2) is 0 Å². The monoisotopic (exact) mass is 316 g/mol. The summed E-state index contributed by atoms with van der Waals surface area (Å²) in [6, 6.07) is 6.07. The van der Waals surface area contributed by atoms with Crippen molar-refractivity contribution in [3.63, 3.8) is 0 Å². The fourth-order valence-corrected chi connectivity index (χ4v) is 4.01. The molecule has 0 bridgehead atoms. The van der Waals surface area contributed by atoms with E-state index in [2.05, 4.69) is 0 Å². The molecular formula is C12H13ClO6Si. The molecule has 8 heteroatoms. The van der Waals surface area contributed by atoms with E-state index in [-0.39, 0.29) is 5.19 Å². The number of benzene rings is 1. The Kier molecular flexibility index (Phi) is 5.29. The van der Waals surface area contributed by atoms with Gasteiger partial charge in [-0.1, -0.05) is 23.7 Å². The number of carbonyl (C=O) groups is 3. The van der Waals surface area contributed by atoms with Crippen molar-refractivity contribution in [3.8, 4) is 0 Å².